The fourth-order valence-corrected chi connectivity index (χ4v) is 6.09. The maximum Gasteiger partial charge on any atom is 0.296 e. The van der Waals surface area contributed by atoms with Crippen LogP contribution in [0.1, 0.15) is 61.7 Å². The highest BCUT2D eigenvalue weighted by Gasteiger charge is 2.32. The van der Waals surface area contributed by atoms with Crippen LogP contribution in [-0.4, -0.2) is 28.1 Å². The third kappa shape index (κ3) is 5.38. The maximum atomic E-state index is 14.5. The largest absolute Gasteiger partial charge is 0.493 e. The summed E-state index contributed by atoms with van der Waals surface area (Å²) >= 11 is 0. The van der Waals surface area contributed by atoms with E-state index in [2.05, 4.69) is 9.97 Å². The number of unbranched alkanes of at least 4 members (excludes halogenated alkanes) is 1. The van der Waals surface area contributed by atoms with Crippen molar-refractivity contribution in [2.45, 2.75) is 62.3 Å². The van der Waals surface area contributed by atoms with Crippen LogP contribution in [0.4, 0.5) is 4.39 Å². The third-order valence-corrected chi connectivity index (χ3v) is 8.64. The van der Waals surface area contributed by atoms with E-state index in [1.54, 1.807) is 43.6 Å². The molecule has 0 unspecified atom stereocenters. The molecule has 0 saturated heterocycles. The lowest BCUT2D eigenvalue weighted by molar-refractivity contribution is 0.358. The molecule has 0 aliphatic rings. The predicted octanol–water partition coefficient (Wildman–Crippen LogP) is 5.50. The zero-order valence-electron chi connectivity index (χ0n) is 22.4. The Hall–Kier alpha value is -4.36. The van der Waals surface area contributed by atoms with Gasteiger partial charge in [0.1, 0.15) is 17.7 Å². The van der Waals surface area contributed by atoms with Crippen LogP contribution in [0.5, 0.6) is 5.88 Å². The van der Waals surface area contributed by atoms with Gasteiger partial charge < -0.3 is 5.11 Å². The van der Waals surface area contributed by atoms with Gasteiger partial charge in [0.15, 0.2) is 4.90 Å². The van der Waals surface area contributed by atoms with Gasteiger partial charge in [-0.25, -0.2) is 12.8 Å². The molecule has 2 heterocycles. The summed E-state index contributed by atoms with van der Waals surface area (Å²) in [5, 5.41) is 20.6. The normalized spacial score (nSPS) is 12.2. The molecule has 0 spiro atoms. The molecule has 0 amide bonds. The second-order valence-corrected chi connectivity index (χ2v) is 11.3. The van der Waals surface area contributed by atoms with Crippen molar-refractivity contribution in [3.63, 3.8) is 0 Å². The van der Waals surface area contributed by atoms with Gasteiger partial charge in [0.05, 0.1) is 16.5 Å². The van der Waals surface area contributed by atoms with Gasteiger partial charge in [-0.15, -0.1) is 0 Å². The SMILES string of the molecule is CCCCc1nc(=O)c(S(=O)(=O)c2ccc(-c3ccncc3C)cc2)c(O)n1[C@@H](CC)c1ccc(C#N)c(F)c1. The first-order valence-electron chi connectivity index (χ1n) is 12.9. The highest BCUT2D eigenvalue weighted by molar-refractivity contribution is 7.91. The third-order valence-electron chi connectivity index (χ3n) is 6.85. The van der Waals surface area contributed by atoms with Crippen LogP contribution < -0.4 is 5.56 Å². The molecule has 0 radical (unpaired) electrons. The monoisotopic (exact) mass is 560 g/mol. The summed E-state index contributed by atoms with van der Waals surface area (Å²) < 4.78 is 43.3. The first-order chi connectivity index (χ1) is 19.1. The minimum absolute atomic E-state index is 0.138. The Morgan fingerprint density at radius 1 is 1.12 bits per heavy atom. The van der Waals surface area contributed by atoms with Gasteiger partial charge >= 0.3 is 0 Å². The Kier molecular flexibility index (Phi) is 8.45. The molecule has 0 saturated carbocycles. The molecular formula is C30H29FN4O4S. The van der Waals surface area contributed by atoms with E-state index < -0.39 is 38.0 Å². The summed E-state index contributed by atoms with van der Waals surface area (Å²) in [5.41, 5.74) is 1.76. The number of aromatic nitrogens is 3. The standard InChI is InChI=1S/C30H29FN4O4S/c1-4-6-7-27-34-29(36)28(30(37)35(27)26(5-2)21-8-9-22(17-32)25(31)16-21)40(38,39)23-12-10-20(11-13-23)24-14-15-33-18-19(24)3/h8-16,18,26,37H,4-7H2,1-3H3/t26-/m0/s1. The van der Waals surface area contributed by atoms with Gasteiger partial charge in [-0.2, -0.15) is 10.2 Å². The second-order valence-electron chi connectivity index (χ2n) is 9.45. The number of halogens is 1. The van der Waals surface area contributed by atoms with Crippen molar-refractivity contribution >= 4 is 9.84 Å². The van der Waals surface area contributed by atoms with Gasteiger partial charge in [0.2, 0.25) is 15.7 Å². The minimum atomic E-state index is -4.49. The predicted molar refractivity (Wildman–Crippen MR) is 148 cm³/mol. The van der Waals surface area contributed by atoms with Crippen molar-refractivity contribution in [1.29, 1.82) is 5.26 Å². The van der Waals surface area contributed by atoms with E-state index in [4.69, 9.17) is 5.26 Å². The van der Waals surface area contributed by atoms with Crippen molar-refractivity contribution in [3.05, 3.63) is 99.6 Å². The molecule has 0 bridgehead atoms. The highest BCUT2D eigenvalue weighted by atomic mass is 32.2. The Bertz CT molecular complexity index is 1760. The average Bonchev–Trinajstić information content (AvgIpc) is 2.94. The lowest BCUT2D eigenvalue weighted by Gasteiger charge is -2.25. The molecule has 4 aromatic rings. The van der Waals surface area contributed by atoms with Gasteiger partial charge in [0, 0.05) is 18.8 Å². The molecule has 0 aliphatic carbocycles. The molecule has 0 aliphatic heterocycles. The van der Waals surface area contributed by atoms with Gasteiger partial charge in [-0.05, 0) is 72.4 Å². The summed E-state index contributed by atoms with van der Waals surface area (Å²) in [6, 6.07) is 12.9. The van der Waals surface area contributed by atoms with E-state index >= 15 is 0 Å². The van der Waals surface area contributed by atoms with Crippen molar-refractivity contribution in [3.8, 4) is 23.1 Å². The number of aryl methyl sites for hydroxylation is 2. The molecule has 8 nitrogen and oxygen atoms in total. The minimum Gasteiger partial charge on any atom is -0.493 e. The van der Waals surface area contributed by atoms with E-state index in [9.17, 15) is 22.7 Å². The molecule has 0 fully saturated rings. The van der Waals surface area contributed by atoms with E-state index in [0.29, 0.717) is 24.8 Å². The van der Waals surface area contributed by atoms with Crippen LogP contribution in [0.2, 0.25) is 0 Å². The molecule has 2 aromatic heterocycles. The van der Waals surface area contributed by atoms with E-state index in [1.165, 1.54) is 28.8 Å². The molecule has 1 atom stereocenters. The topological polar surface area (TPSA) is 126 Å². The van der Waals surface area contributed by atoms with E-state index in [1.807, 2.05) is 19.9 Å². The van der Waals surface area contributed by atoms with E-state index in [0.717, 1.165) is 23.1 Å². The number of hydrogen-bond acceptors (Lipinski definition) is 7. The van der Waals surface area contributed by atoms with Crippen molar-refractivity contribution in [2.24, 2.45) is 0 Å². The summed E-state index contributed by atoms with van der Waals surface area (Å²) in [6.07, 6.45) is 5.37. The smallest absolute Gasteiger partial charge is 0.296 e. The molecular weight excluding hydrogens is 531 g/mol. The summed E-state index contributed by atoms with van der Waals surface area (Å²) in [6.45, 7) is 5.63. The summed E-state index contributed by atoms with van der Waals surface area (Å²) in [4.78, 5) is 20.3. The van der Waals surface area contributed by atoms with Crippen molar-refractivity contribution < 1.29 is 17.9 Å². The fourth-order valence-electron chi connectivity index (χ4n) is 4.75. The molecule has 40 heavy (non-hydrogen) atoms. The number of benzene rings is 2. The second kappa shape index (κ2) is 11.8. The Morgan fingerprint density at radius 2 is 1.85 bits per heavy atom. The number of nitriles is 1. The zero-order chi connectivity index (χ0) is 29.0. The molecule has 2 aromatic carbocycles. The number of sulfone groups is 1. The Labute approximate surface area is 232 Å². The van der Waals surface area contributed by atoms with Gasteiger partial charge in [0.25, 0.3) is 5.56 Å². The quantitative estimate of drug-likeness (QED) is 0.286. The van der Waals surface area contributed by atoms with Gasteiger partial charge in [-0.1, -0.05) is 38.5 Å². The molecule has 10 heteroatoms. The number of pyridine rings is 1. The van der Waals surface area contributed by atoms with E-state index in [-0.39, 0.29) is 16.3 Å². The Morgan fingerprint density at radius 3 is 2.45 bits per heavy atom. The lowest BCUT2D eigenvalue weighted by Crippen LogP contribution is -2.27. The van der Waals surface area contributed by atoms with Crippen molar-refractivity contribution in [2.75, 3.05) is 0 Å². The zero-order valence-corrected chi connectivity index (χ0v) is 23.2. The van der Waals surface area contributed by atoms with Crippen LogP contribution in [0.15, 0.2) is 75.5 Å². The van der Waals surface area contributed by atoms with Crippen LogP contribution in [0.3, 0.4) is 0 Å². The average molecular weight is 561 g/mol. The maximum absolute atomic E-state index is 14.5. The van der Waals surface area contributed by atoms with Crippen molar-refractivity contribution in [1.82, 2.24) is 14.5 Å². The first-order valence-corrected chi connectivity index (χ1v) is 14.4. The van der Waals surface area contributed by atoms with Crippen LogP contribution >= 0.6 is 0 Å². The Balaban J connectivity index is 1.88. The summed E-state index contributed by atoms with van der Waals surface area (Å²) in [7, 11) is -4.49. The first kappa shape index (κ1) is 28.6. The summed E-state index contributed by atoms with van der Waals surface area (Å²) in [5.74, 6) is -1.29. The molecule has 206 valence electrons. The molecule has 4 rings (SSSR count). The fraction of sp³-hybridized carbons (Fsp3) is 0.267. The number of nitrogens with zero attached hydrogens (tertiary/aromatic N) is 4. The highest BCUT2D eigenvalue weighted by Crippen LogP contribution is 2.34. The number of aromatic hydroxyl groups is 1. The van der Waals surface area contributed by atoms with Crippen LogP contribution in [-0.2, 0) is 16.3 Å². The van der Waals surface area contributed by atoms with Gasteiger partial charge in [-0.3, -0.25) is 14.3 Å². The molecule has 1 N–H and O–H groups in total. The van der Waals surface area contributed by atoms with Crippen LogP contribution in [0.25, 0.3) is 11.1 Å². The van der Waals surface area contributed by atoms with Crippen LogP contribution in [0, 0.1) is 24.1 Å². The lowest BCUT2D eigenvalue weighted by atomic mass is 10.0. The number of hydrogen-bond donors (Lipinski definition) is 1. The number of rotatable bonds is 9.